The van der Waals surface area contributed by atoms with Crippen LogP contribution in [0.5, 0.6) is 11.5 Å². The molecule has 172 valence electrons. The maximum absolute atomic E-state index is 12.8. The van der Waals surface area contributed by atoms with Crippen LogP contribution in [0, 0.1) is 0 Å². The molecule has 0 unspecified atom stereocenters. The van der Waals surface area contributed by atoms with Crippen LogP contribution in [-0.2, 0) is 4.74 Å². The van der Waals surface area contributed by atoms with Gasteiger partial charge >= 0.3 is 0 Å². The van der Waals surface area contributed by atoms with Crippen LogP contribution < -0.4 is 14.8 Å². The van der Waals surface area contributed by atoms with Crippen LogP contribution in [-0.4, -0.2) is 56.9 Å². The lowest BCUT2D eigenvalue weighted by atomic mass is 10.0. The molecule has 2 atom stereocenters. The van der Waals surface area contributed by atoms with E-state index in [0.29, 0.717) is 18.7 Å². The van der Waals surface area contributed by atoms with E-state index < -0.39 is 0 Å². The van der Waals surface area contributed by atoms with Crippen LogP contribution in [0.4, 0.5) is 0 Å². The first-order valence-electron chi connectivity index (χ1n) is 11.7. The smallest absolute Gasteiger partial charge is 0.251 e. The first-order chi connectivity index (χ1) is 15.7. The Morgan fingerprint density at radius 3 is 2.41 bits per heavy atom. The van der Waals surface area contributed by atoms with E-state index in [2.05, 4.69) is 22.3 Å². The van der Waals surface area contributed by atoms with Crippen molar-refractivity contribution in [2.75, 3.05) is 40.0 Å². The Morgan fingerprint density at radius 1 is 1.03 bits per heavy atom. The molecule has 6 nitrogen and oxygen atoms in total. The second-order valence-corrected chi connectivity index (χ2v) is 8.57. The van der Waals surface area contributed by atoms with Gasteiger partial charge in [0.25, 0.3) is 5.91 Å². The zero-order chi connectivity index (χ0) is 22.2. The van der Waals surface area contributed by atoms with Gasteiger partial charge in [-0.15, -0.1) is 0 Å². The second-order valence-electron chi connectivity index (χ2n) is 8.57. The van der Waals surface area contributed by atoms with E-state index in [9.17, 15) is 4.79 Å². The Labute approximate surface area is 190 Å². The molecule has 6 heteroatoms. The molecule has 0 spiro atoms. The Balaban J connectivity index is 1.35. The predicted molar refractivity (Wildman–Crippen MR) is 124 cm³/mol. The summed E-state index contributed by atoms with van der Waals surface area (Å²) in [5, 5.41) is 3.15. The standard InChI is InChI=1S/C26H34N2O4/c1-30-22-11-7-20(8-12-22)25(28-15-3-2-4-16-28)18-27-26(29)21-9-13-23(14-10-21)32-19-24-6-5-17-31-24/h7-14,24-25H,2-6,15-19H2,1H3,(H,27,29)/t24-,25+/m1/s1. The van der Waals surface area contributed by atoms with Crippen molar-refractivity contribution >= 4 is 5.91 Å². The van der Waals surface area contributed by atoms with Gasteiger partial charge in [0.2, 0.25) is 0 Å². The average molecular weight is 439 g/mol. The quantitative estimate of drug-likeness (QED) is 0.636. The molecule has 0 aliphatic carbocycles. The van der Waals surface area contributed by atoms with Crippen molar-refractivity contribution in [3.63, 3.8) is 0 Å². The summed E-state index contributed by atoms with van der Waals surface area (Å²) in [6, 6.07) is 15.7. The minimum Gasteiger partial charge on any atom is -0.497 e. The van der Waals surface area contributed by atoms with Gasteiger partial charge < -0.3 is 19.5 Å². The fourth-order valence-electron chi connectivity index (χ4n) is 4.47. The largest absolute Gasteiger partial charge is 0.497 e. The number of benzene rings is 2. The highest BCUT2D eigenvalue weighted by Crippen LogP contribution is 2.26. The van der Waals surface area contributed by atoms with E-state index in [4.69, 9.17) is 14.2 Å². The van der Waals surface area contributed by atoms with Gasteiger partial charge in [0.15, 0.2) is 0 Å². The average Bonchev–Trinajstić information content (AvgIpc) is 3.38. The molecule has 1 N–H and O–H groups in total. The summed E-state index contributed by atoms with van der Waals surface area (Å²) in [5.41, 5.74) is 1.84. The third-order valence-corrected chi connectivity index (χ3v) is 6.36. The van der Waals surface area contributed by atoms with Crippen LogP contribution >= 0.6 is 0 Å². The highest BCUT2D eigenvalue weighted by molar-refractivity contribution is 5.94. The molecule has 2 saturated heterocycles. The van der Waals surface area contributed by atoms with E-state index in [1.54, 1.807) is 7.11 Å². The van der Waals surface area contributed by atoms with Crippen LogP contribution in [0.2, 0.25) is 0 Å². The molecule has 2 fully saturated rings. The number of amides is 1. The molecule has 0 radical (unpaired) electrons. The van der Waals surface area contributed by atoms with Gasteiger partial charge in [-0.2, -0.15) is 0 Å². The monoisotopic (exact) mass is 438 g/mol. The number of hydrogen-bond acceptors (Lipinski definition) is 5. The number of likely N-dealkylation sites (tertiary alicyclic amines) is 1. The summed E-state index contributed by atoms with van der Waals surface area (Å²) >= 11 is 0. The molecule has 32 heavy (non-hydrogen) atoms. The fraction of sp³-hybridized carbons (Fsp3) is 0.500. The number of carbonyl (C=O) groups is 1. The van der Waals surface area contributed by atoms with Crippen molar-refractivity contribution in [2.24, 2.45) is 0 Å². The Bertz CT molecular complexity index is 841. The number of nitrogens with one attached hydrogen (secondary N) is 1. The maximum Gasteiger partial charge on any atom is 0.251 e. The van der Waals surface area contributed by atoms with Crippen LogP contribution in [0.25, 0.3) is 0 Å². The molecule has 0 saturated carbocycles. The zero-order valence-electron chi connectivity index (χ0n) is 18.9. The summed E-state index contributed by atoms with van der Waals surface area (Å²) in [7, 11) is 1.68. The summed E-state index contributed by atoms with van der Waals surface area (Å²) in [5.74, 6) is 1.55. The van der Waals surface area contributed by atoms with Gasteiger partial charge in [0.1, 0.15) is 18.1 Å². The molecule has 4 rings (SSSR count). The molecule has 2 heterocycles. The molecule has 2 aliphatic rings. The first-order valence-corrected chi connectivity index (χ1v) is 11.7. The molecular formula is C26H34N2O4. The van der Waals surface area contributed by atoms with Crippen molar-refractivity contribution in [1.29, 1.82) is 0 Å². The number of methoxy groups -OCH3 is 1. The Morgan fingerprint density at radius 2 is 1.75 bits per heavy atom. The number of carbonyl (C=O) groups excluding carboxylic acids is 1. The van der Waals surface area contributed by atoms with Crippen molar-refractivity contribution in [3.05, 3.63) is 59.7 Å². The van der Waals surface area contributed by atoms with E-state index in [-0.39, 0.29) is 18.1 Å². The van der Waals surface area contributed by atoms with E-state index in [0.717, 1.165) is 44.0 Å². The van der Waals surface area contributed by atoms with E-state index in [1.807, 2.05) is 36.4 Å². The second kappa shape index (κ2) is 11.3. The van der Waals surface area contributed by atoms with Gasteiger partial charge in [-0.3, -0.25) is 9.69 Å². The van der Waals surface area contributed by atoms with Crippen molar-refractivity contribution in [3.8, 4) is 11.5 Å². The summed E-state index contributed by atoms with van der Waals surface area (Å²) in [6.07, 6.45) is 6.01. The number of rotatable bonds is 9. The van der Waals surface area contributed by atoms with Crippen LogP contribution in [0.1, 0.15) is 54.1 Å². The lowest BCUT2D eigenvalue weighted by molar-refractivity contribution is 0.0679. The normalized spacial score (nSPS) is 20.0. The van der Waals surface area contributed by atoms with Crippen molar-refractivity contribution < 1.29 is 19.0 Å². The minimum absolute atomic E-state index is 0.0637. The van der Waals surface area contributed by atoms with Gasteiger partial charge in [-0.05, 0) is 80.7 Å². The Kier molecular flexibility index (Phi) is 8.02. The number of hydrogen-bond donors (Lipinski definition) is 1. The summed E-state index contributed by atoms with van der Waals surface area (Å²) in [4.78, 5) is 15.3. The topological polar surface area (TPSA) is 60.0 Å². The molecular weight excluding hydrogens is 404 g/mol. The molecule has 0 bridgehead atoms. The molecule has 0 aromatic heterocycles. The Hall–Kier alpha value is -2.57. The van der Waals surface area contributed by atoms with E-state index >= 15 is 0 Å². The molecule has 2 aliphatic heterocycles. The third-order valence-electron chi connectivity index (χ3n) is 6.36. The maximum atomic E-state index is 12.8. The fourth-order valence-corrected chi connectivity index (χ4v) is 4.47. The minimum atomic E-state index is -0.0637. The zero-order valence-corrected chi connectivity index (χ0v) is 18.9. The van der Waals surface area contributed by atoms with Crippen molar-refractivity contribution in [1.82, 2.24) is 10.2 Å². The summed E-state index contributed by atoms with van der Waals surface area (Å²) in [6.45, 7) is 4.07. The lowest BCUT2D eigenvalue weighted by Gasteiger charge is -2.35. The van der Waals surface area contributed by atoms with Crippen LogP contribution in [0.3, 0.4) is 0 Å². The van der Waals surface area contributed by atoms with Gasteiger partial charge in [0, 0.05) is 18.7 Å². The van der Waals surface area contributed by atoms with Gasteiger partial charge in [0.05, 0.1) is 19.3 Å². The molecule has 2 aromatic carbocycles. The van der Waals surface area contributed by atoms with Crippen LogP contribution in [0.15, 0.2) is 48.5 Å². The number of ether oxygens (including phenoxy) is 3. The summed E-state index contributed by atoms with van der Waals surface area (Å²) < 4.78 is 16.7. The van der Waals surface area contributed by atoms with E-state index in [1.165, 1.54) is 24.8 Å². The predicted octanol–water partition coefficient (Wildman–Crippen LogP) is 4.21. The highest BCUT2D eigenvalue weighted by Gasteiger charge is 2.23. The van der Waals surface area contributed by atoms with Gasteiger partial charge in [-0.25, -0.2) is 0 Å². The molecule has 1 amide bonds. The SMILES string of the molecule is COc1ccc([C@H](CNC(=O)c2ccc(OC[C@H]3CCCO3)cc2)N2CCCCC2)cc1. The third kappa shape index (κ3) is 6.02. The van der Waals surface area contributed by atoms with Crippen molar-refractivity contribution in [2.45, 2.75) is 44.2 Å². The highest BCUT2D eigenvalue weighted by atomic mass is 16.5. The lowest BCUT2D eigenvalue weighted by Crippen LogP contribution is -2.40. The molecule has 2 aromatic rings. The van der Waals surface area contributed by atoms with Gasteiger partial charge in [-0.1, -0.05) is 18.6 Å². The number of piperidine rings is 1. The first kappa shape index (κ1) is 22.6. The number of nitrogens with zero attached hydrogens (tertiary/aromatic N) is 1.